The first-order valence-corrected chi connectivity index (χ1v) is 6.65. The van der Waals surface area contributed by atoms with Gasteiger partial charge in [0.2, 0.25) is 5.91 Å². The maximum Gasteiger partial charge on any atom is 0.223 e. The summed E-state index contributed by atoms with van der Waals surface area (Å²) in [5.74, 6) is -0.342. The number of carbonyl (C=O) groups is 1. The van der Waals surface area contributed by atoms with Gasteiger partial charge in [-0.3, -0.25) is 4.79 Å². The lowest BCUT2D eigenvalue weighted by Gasteiger charge is -2.40. The Kier molecular flexibility index (Phi) is 4.75. The molecule has 1 aliphatic heterocycles. The third-order valence-electron chi connectivity index (χ3n) is 3.94. The smallest absolute Gasteiger partial charge is 0.223 e. The molecule has 0 aromatic rings. The first-order valence-electron chi connectivity index (χ1n) is 6.65. The number of amides is 1. The van der Waals surface area contributed by atoms with Gasteiger partial charge < -0.3 is 30.5 Å². The summed E-state index contributed by atoms with van der Waals surface area (Å²) < 4.78 is 4.98. The van der Waals surface area contributed by atoms with Crippen LogP contribution in [0, 0.1) is 5.92 Å². The molecule has 0 bridgehead atoms. The number of rotatable bonds is 3. The third kappa shape index (κ3) is 3.06. The van der Waals surface area contributed by atoms with Crippen LogP contribution >= 0.6 is 0 Å². The van der Waals surface area contributed by atoms with E-state index in [2.05, 4.69) is 5.32 Å². The molecule has 3 unspecified atom stereocenters. The number of hydrogen-bond acceptors (Lipinski definition) is 6. The van der Waals surface area contributed by atoms with Crippen molar-refractivity contribution in [1.82, 2.24) is 5.32 Å². The molecule has 2 fully saturated rings. The summed E-state index contributed by atoms with van der Waals surface area (Å²) in [7, 11) is 0. The average molecular weight is 275 g/mol. The molecular weight excluding hydrogens is 254 g/mol. The Morgan fingerprint density at radius 2 is 1.79 bits per heavy atom. The molecule has 2 aliphatic rings. The minimum absolute atomic E-state index is 0.105. The quantitative estimate of drug-likeness (QED) is 0.410. The standard InChI is InChI=1S/C12H21NO6/c14-5-7-9(15)10(16)8(12(18)19-7)13-11(17)6-3-1-2-4-6/h6-10,12,14-16,18H,1-5H2,(H,13,17)/t7?,8?,9-,10+,12?/m0/s1. The van der Waals surface area contributed by atoms with E-state index in [9.17, 15) is 20.1 Å². The summed E-state index contributed by atoms with van der Waals surface area (Å²) in [6, 6.07) is -1.08. The number of ether oxygens (including phenoxy) is 1. The zero-order valence-electron chi connectivity index (χ0n) is 10.6. The zero-order chi connectivity index (χ0) is 14.0. The summed E-state index contributed by atoms with van der Waals surface area (Å²) in [5.41, 5.74) is 0. The Morgan fingerprint density at radius 1 is 1.16 bits per heavy atom. The normalized spacial score (nSPS) is 40.3. The number of carbonyl (C=O) groups excluding carboxylic acids is 1. The zero-order valence-corrected chi connectivity index (χ0v) is 10.6. The fraction of sp³-hybridized carbons (Fsp3) is 0.917. The molecule has 0 aromatic carbocycles. The molecule has 0 spiro atoms. The van der Waals surface area contributed by atoms with Crippen LogP contribution in [0.1, 0.15) is 25.7 Å². The highest BCUT2D eigenvalue weighted by Gasteiger charge is 2.44. The molecule has 2 rings (SSSR count). The Morgan fingerprint density at radius 3 is 2.37 bits per heavy atom. The van der Waals surface area contributed by atoms with E-state index >= 15 is 0 Å². The van der Waals surface area contributed by atoms with Crippen LogP contribution in [0.15, 0.2) is 0 Å². The van der Waals surface area contributed by atoms with Crippen molar-refractivity contribution in [3.8, 4) is 0 Å². The number of aliphatic hydroxyl groups excluding tert-OH is 4. The topological polar surface area (TPSA) is 119 Å². The van der Waals surface area contributed by atoms with E-state index in [1.807, 2.05) is 0 Å². The van der Waals surface area contributed by atoms with E-state index in [4.69, 9.17) is 9.84 Å². The SMILES string of the molecule is O=C(NC1C(O)OC(CO)[C@H](O)[C@@H]1O)C1CCCC1. The molecule has 110 valence electrons. The van der Waals surface area contributed by atoms with Crippen molar-refractivity contribution in [2.75, 3.05) is 6.61 Å². The lowest BCUT2D eigenvalue weighted by atomic mass is 9.96. The van der Waals surface area contributed by atoms with Crippen molar-refractivity contribution in [1.29, 1.82) is 0 Å². The Balaban J connectivity index is 1.96. The largest absolute Gasteiger partial charge is 0.394 e. The highest BCUT2D eigenvalue weighted by molar-refractivity contribution is 5.79. The highest BCUT2D eigenvalue weighted by atomic mass is 16.6. The van der Waals surface area contributed by atoms with Gasteiger partial charge in [-0.25, -0.2) is 0 Å². The van der Waals surface area contributed by atoms with Crippen LogP contribution in [0.25, 0.3) is 0 Å². The second-order valence-electron chi connectivity index (χ2n) is 5.24. The van der Waals surface area contributed by atoms with E-state index in [0.717, 1.165) is 25.7 Å². The van der Waals surface area contributed by atoms with E-state index < -0.39 is 37.3 Å². The second kappa shape index (κ2) is 6.15. The molecule has 1 saturated heterocycles. The van der Waals surface area contributed by atoms with Crippen molar-refractivity contribution < 1.29 is 30.0 Å². The van der Waals surface area contributed by atoms with Gasteiger partial charge in [-0.1, -0.05) is 12.8 Å². The van der Waals surface area contributed by atoms with Gasteiger partial charge >= 0.3 is 0 Å². The number of nitrogens with one attached hydrogen (secondary N) is 1. The van der Waals surface area contributed by atoms with Gasteiger partial charge in [0.1, 0.15) is 24.4 Å². The fourth-order valence-corrected chi connectivity index (χ4v) is 2.72. The van der Waals surface area contributed by atoms with E-state index in [1.165, 1.54) is 0 Å². The maximum absolute atomic E-state index is 11.9. The van der Waals surface area contributed by atoms with Crippen molar-refractivity contribution >= 4 is 5.91 Å². The van der Waals surface area contributed by atoms with Crippen LogP contribution in [-0.4, -0.2) is 63.6 Å². The predicted molar refractivity (Wildman–Crippen MR) is 63.9 cm³/mol. The first kappa shape index (κ1) is 14.7. The third-order valence-corrected chi connectivity index (χ3v) is 3.94. The lowest BCUT2D eigenvalue weighted by molar-refractivity contribution is -0.254. The van der Waals surface area contributed by atoms with E-state index in [1.54, 1.807) is 0 Å². The molecule has 0 aromatic heterocycles. The van der Waals surface area contributed by atoms with Crippen molar-refractivity contribution in [2.24, 2.45) is 5.92 Å². The van der Waals surface area contributed by atoms with Crippen molar-refractivity contribution in [3.63, 3.8) is 0 Å². The maximum atomic E-state index is 11.9. The molecule has 7 heteroatoms. The predicted octanol–water partition coefficient (Wildman–Crippen LogP) is -1.91. The van der Waals surface area contributed by atoms with Crippen LogP contribution in [0.4, 0.5) is 0 Å². The van der Waals surface area contributed by atoms with Crippen LogP contribution in [-0.2, 0) is 9.53 Å². The molecule has 1 amide bonds. The molecule has 1 aliphatic carbocycles. The number of hydrogen-bond donors (Lipinski definition) is 5. The summed E-state index contributed by atoms with van der Waals surface area (Å²) in [6.45, 7) is -0.515. The average Bonchev–Trinajstić information content (AvgIpc) is 2.92. The highest BCUT2D eigenvalue weighted by Crippen LogP contribution is 2.26. The molecule has 5 atom stereocenters. The molecule has 7 nitrogen and oxygen atoms in total. The minimum atomic E-state index is -1.44. The van der Waals surface area contributed by atoms with Crippen molar-refractivity contribution in [3.05, 3.63) is 0 Å². The monoisotopic (exact) mass is 275 g/mol. The molecule has 0 radical (unpaired) electrons. The Hall–Kier alpha value is -0.730. The van der Waals surface area contributed by atoms with Crippen LogP contribution in [0.5, 0.6) is 0 Å². The summed E-state index contributed by atoms with van der Waals surface area (Å²) in [6.07, 6.45) is -1.61. The minimum Gasteiger partial charge on any atom is -0.394 e. The van der Waals surface area contributed by atoms with Gasteiger partial charge in [-0.05, 0) is 12.8 Å². The van der Waals surface area contributed by atoms with Gasteiger partial charge in [-0.2, -0.15) is 0 Å². The van der Waals surface area contributed by atoms with Gasteiger partial charge in [0.25, 0.3) is 0 Å². The van der Waals surface area contributed by atoms with Crippen molar-refractivity contribution in [2.45, 2.75) is 56.3 Å². The molecular formula is C12H21NO6. The van der Waals surface area contributed by atoms with E-state index in [-0.39, 0.29) is 11.8 Å². The first-order chi connectivity index (χ1) is 9.04. The molecule has 1 heterocycles. The van der Waals surface area contributed by atoms with Crippen LogP contribution in [0.2, 0.25) is 0 Å². The summed E-state index contributed by atoms with van der Waals surface area (Å²) >= 11 is 0. The number of aliphatic hydroxyl groups is 4. The second-order valence-corrected chi connectivity index (χ2v) is 5.24. The van der Waals surface area contributed by atoms with Gasteiger partial charge in [0, 0.05) is 5.92 Å². The fourth-order valence-electron chi connectivity index (χ4n) is 2.72. The van der Waals surface area contributed by atoms with Gasteiger partial charge in [0.05, 0.1) is 6.61 Å². The van der Waals surface area contributed by atoms with E-state index in [0.29, 0.717) is 0 Å². The Labute approximate surface area is 111 Å². The molecule has 19 heavy (non-hydrogen) atoms. The van der Waals surface area contributed by atoms with Gasteiger partial charge in [0.15, 0.2) is 6.29 Å². The Bertz CT molecular complexity index is 319. The summed E-state index contributed by atoms with van der Waals surface area (Å²) in [4.78, 5) is 11.9. The molecule has 1 saturated carbocycles. The van der Waals surface area contributed by atoms with Crippen LogP contribution < -0.4 is 5.32 Å². The lowest BCUT2D eigenvalue weighted by Crippen LogP contribution is -2.64. The summed E-state index contributed by atoms with van der Waals surface area (Å²) in [5, 5.41) is 40.8. The molecule has 5 N–H and O–H groups in total. The van der Waals surface area contributed by atoms with Crippen LogP contribution in [0.3, 0.4) is 0 Å². The van der Waals surface area contributed by atoms with Gasteiger partial charge in [-0.15, -0.1) is 0 Å².